The molecule has 1 aromatic heterocycles. The molecule has 3 N–H and O–H groups in total. The van der Waals surface area contributed by atoms with Crippen molar-refractivity contribution in [3.05, 3.63) is 70.4 Å². The molecule has 1 aliphatic carbocycles. The van der Waals surface area contributed by atoms with Crippen LogP contribution in [0, 0.1) is 6.92 Å². The molecule has 1 atom stereocenters. The zero-order valence-corrected chi connectivity index (χ0v) is 19.2. The van der Waals surface area contributed by atoms with Crippen molar-refractivity contribution in [1.82, 2.24) is 10.5 Å². The fourth-order valence-corrected chi connectivity index (χ4v) is 3.74. The summed E-state index contributed by atoms with van der Waals surface area (Å²) in [5, 5.41) is 18.9. The van der Waals surface area contributed by atoms with Crippen LogP contribution < -0.4 is 10.6 Å². The summed E-state index contributed by atoms with van der Waals surface area (Å²) >= 11 is 6.17. The van der Waals surface area contributed by atoms with Crippen LogP contribution in [0.4, 0.5) is 10.5 Å². The topological polar surface area (TPSA) is 131 Å². The first kappa shape index (κ1) is 23.3. The Kier molecular flexibility index (Phi) is 6.30. The highest BCUT2D eigenvalue weighted by atomic mass is 35.5. The molecule has 176 valence electrons. The molecule has 0 saturated heterocycles. The normalized spacial score (nSPS) is 14.7. The number of hydrogen-bond acceptors (Lipinski definition) is 6. The Hall–Kier alpha value is -3.85. The van der Waals surface area contributed by atoms with Crippen LogP contribution in [0.1, 0.15) is 47.5 Å². The van der Waals surface area contributed by atoms with E-state index in [1.807, 2.05) is 0 Å². The fourth-order valence-electron chi connectivity index (χ4n) is 3.45. The molecule has 2 amide bonds. The summed E-state index contributed by atoms with van der Waals surface area (Å²) in [6, 6.07) is 13.4. The lowest BCUT2D eigenvalue weighted by atomic mass is 10.1. The lowest BCUT2D eigenvalue weighted by Gasteiger charge is -2.15. The summed E-state index contributed by atoms with van der Waals surface area (Å²) in [5.74, 6) is -1.23. The van der Waals surface area contributed by atoms with Gasteiger partial charge in [-0.25, -0.2) is 9.59 Å². The molecule has 3 aromatic rings. The number of hydrogen-bond donors (Lipinski definition) is 3. The highest BCUT2D eigenvalue weighted by molar-refractivity contribution is 6.31. The number of nitrogens with one attached hydrogen (secondary N) is 2. The van der Waals surface area contributed by atoms with Gasteiger partial charge in [0.15, 0.2) is 5.76 Å². The summed E-state index contributed by atoms with van der Waals surface area (Å²) in [4.78, 5) is 36.2. The van der Waals surface area contributed by atoms with Crippen LogP contribution in [0.2, 0.25) is 5.02 Å². The van der Waals surface area contributed by atoms with E-state index >= 15 is 0 Å². The van der Waals surface area contributed by atoms with E-state index in [4.69, 9.17) is 20.9 Å². The van der Waals surface area contributed by atoms with Gasteiger partial charge in [-0.15, -0.1) is 0 Å². The first-order valence-corrected chi connectivity index (χ1v) is 10.9. The molecule has 1 fully saturated rings. The number of halogens is 1. The number of carbonyl (C=O) groups is 3. The molecule has 2 aromatic carbocycles. The molecule has 1 saturated carbocycles. The lowest BCUT2D eigenvalue weighted by molar-refractivity contribution is -0.140. The zero-order valence-electron chi connectivity index (χ0n) is 18.4. The highest BCUT2D eigenvalue weighted by Gasteiger charge is 2.51. The number of nitrogens with zero attached hydrogens (tertiary/aromatic N) is 1. The van der Waals surface area contributed by atoms with Crippen molar-refractivity contribution in [2.45, 2.75) is 38.3 Å². The molecule has 9 nitrogen and oxygen atoms in total. The van der Waals surface area contributed by atoms with E-state index in [2.05, 4.69) is 15.8 Å². The molecule has 0 aliphatic heterocycles. The van der Waals surface area contributed by atoms with Crippen LogP contribution in [0.3, 0.4) is 0 Å². The van der Waals surface area contributed by atoms with Gasteiger partial charge in [-0.3, -0.25) is 10.1 Å². The third-order valence-corrected chi connectivity index (χ3v) is 5.98. The van der Waals surface area contributed by atoms with Crippen LogP contribution in [0.5, 0.6) is 0 Å². The summed E-state index contributed by atoms with van der Waals surface area (Å²) in [6.07, 6.45) is -0.483. The van der Waals surface area contributed by atoms with E-state index < -0.39 is 29.6 Å². The third-order valence-electron chi connectivity index (χ3n) is 5.64. The van der Waals surface area contributed by atoms with Gasteiger partial charge in [0, 0.05) is 21.7 Å². The van der Waals surface area contributed by atoms with Gasteiger partial charge in [-0.1, -0.05) is 47.1 Å². The van der Waals surface area contributed by atoms with Gasteiger partial charge < -0.3 is 19.7 Å². The molecule has 0 bridgehead atoms. The van der Waals surface area contributed by atoms with Crippen LogP contribution in [0.25, 0.3) is 11.3 Å². The lowest BCUT2D eigenvalue weighted by Crippen LogP contribution is -2.43. The van der Waals surface area contributed by atoms with Gasteiger partial charge in [0.25, 0.3) is 5.91 Å². The Morgan fingerprint density at radius 3 is 2.44 bits per heavy atom. The second kappa shape index (κ2) is 9.18. The summed E-state index contributed by atoms with van der Waals surface area (Å²) < 4.78 is 10.8. The monoisotopic (exact) mass is 483 g/mol. The van der Waals surface area contributed by atoms with Crippen molar-refractivity contribution < 1.29 is 28.8 Å². The van der Waals surface area contributed by atoms with Gasteiger partial charge >= 0.3 is 12.1 Å². The number of carbonyl (C=O) groups excluding carboxylic acids is 2. The number of anilines is 1. The van der Waals surface area contributed by atoms with Gasteiger partial charge in [0.2, 0.25) is 0 Å². The van der Waals surface area contributed by atoms with Crippen molar-refractivity contribution >= 4 is 35.3 Å². The van der Waals surface area contributed by atoms with Crippen LogP contribution in [-0.2, 0) is 9.53 Å². The zero-order chi connectivity index (χ0) is 24.5. The molecular weight excluding hydrogens is 462 g/mol. The number of carboxylic acids is 1. The van der Waals surface area contributed by atoms with E-state index in [9.17, 15) is 19.5 Å². The summed E-state index contributed by atoms with van der Waals surface area (Å²) in [6.45, 7) is 3.38. The average Bonchev–Trinajstić information content (AvgIpc) is 3.51. The molecule has 10 heteroatoms. The quantitative estimate of drug-likeness (QED) is 0.432. The predicted octanol–water partition coefficient (Wildman–Crippen LogP) is 4.96. The van der Waals surface area contributed by atoms with E-state index in [0.29, 0.717) is 45.9 Å². The summed E-state index contributed by atoms with van der Waals surface area (Å²) in [5.41, 5.74) is 1.14. The van der Waals surface area contributed by atoms with Gasteiger partial charge in [0.1, 0.15) is 23.0 Å². The molecule has 0 spiro atoms. The number of aromatic nitrogens is 1. The van der Waals surface area contributed by atoms with Crippen LogP contribution in [-0.4, -0.2) is 33.8 Å². The maximum Gasteiger partial charge on any atom is 0.412 e. The van der Waals surface area contributed by atoms with Crippen LogP contribution >= 0.6 is 11.6 Å². The second-order valence-electron chi connectivity index (χ2n) is 8.08. The molecule has 1 unspecified atom stereocenters. The maximum absolute atomic E-state index is 12.5. The van der Waals surface area contributed by atoms with Crippen molar-refractivity contribution in [3.8, 4) is 11.3 Å². The number of rotatable bonds is 7. The largest absolute Gasteiger partial charge is 0.480 e. The fraction of sp³-hybridized carbons (Fsp3) is 0.250. The second-order valence-corrected chi connectivity index (χ2v) is 8.49. The van der Waals surface area contributed by atoms with Crippen molar-refractivity contribution in [1.29, 1.82) is 0 Å². The molecule has 0 radical (unpaired) electrons. The van der Waals surface area contributed by atoms with E-state index in [1.54, 1.807) is 62.4 Å². The average molecular weight is 484 g/mol. The first-order valence-electron chi connectivity index (χ1n) is 10.5. The maximum atomic E-state index is 12.5. The number of amides is 2. The number of benzene rings is 2. The predicted molar refractivity (Wildman–Crippen MR) is 124 cm³/mol. The Bertz CT molecular complexity index is 1250. The van der Waals surface area contributed by atoms with E-state index in [-0.39, 0.29) is 5.76 Å². The number of aryl methyl sites for hydroxylation is 1. The minimum atomic E-state index is -1.17. The molecule has 4 rings (SSSR count). The van der Waals surface area contributed by atoms with Gasteiger partial charge in [-0.05, 0) is 44.9 Å². The van der Waals surface area contributed by atoms with Crippen molar-refractivity contribution in [2.24, 2.45) is 0 Å². The SMILES string of the molecule is Cc1noc(-c2ccc(C(=O)NC3(C(=O)O)CC3)cc2)c1NC(=O)OC(C)c1ccccc1Cl. The third kappa shape index (κ3) is 4.74. The van der Waals surface area contributed by atoms with Crippen LogP contribution in [0.15, 0.2) is 53.1 Å². The standard InChI is InChI=1S/C24H22ClN3O6/c1-13-19(26-23(32)33-14(2)17-5-3-4-6-18(17)25)20(34-28-13)15-7-9-16(10-8-15)21(29)27-24(11-12-24)22(30)31/h3-10,14H,11-12H2,1-2H3,(H,26,32)(H,27,29)(H,30,31). The molecular formula is C24H22ClN3O6. The van der Waals surface area contributed by atoms with Gasteiger partial charge in [0.05, 0.1) is 0 Å². The molecule has 1 aliphatic rings. The molecule has 1 heterocycles. The Morgan fingerprint density at radius 1 is 1.15 bits per heavy atom. The number of aliphatic carboxylic acids is 1. The van der Waals surface area contributed by atoms with Crippen molar-refractivity contribution in [3.63, 3.8) is 0 Å². The summed E-state index contributed by atoms with van der Waals surface area (Å²) in [7, 11) is 0. The molecule has 34 heavy (non-hydrogen) atoms. The Labute approximate surface area is 200 Å². The smallest absolute Gasteiger partial charge is 0.412 e. The highest BCUT2D eigenvalue weighted by Crippen LogP contribution is 2.36. The first-order chi connectivity index (χ1) is 16.2. The van der Waals surface area contributed by atoms with Gasteiger partial charge in [-0.2, -0.15) is 0 Å². The van der Waals surface area contributed by atoms with E-state index in [1.165, 1.54) is 0 Å². The minimum Gasteiger partial charge on any atom is -0.480 e. The van der Waals surface area contributed by atoms with Crippen molar-refractivity contribution in [2.75, 3.05) is 5.32 Å². The number of carboxylic acid groups (broad SMARTS) is 1. The minimum absolute atomic E-state index is 0.288. The number of ether oxygens (including phenoxy) is 1. The Balaban J connectivity index is 1.46. The Morgan fingerprint density at radius 2 is 1.82 bits per heavy atom. The van der Waals surface area contributed by atoms with E-state index in [0.717, 1.165) is 0 Å².